The average molecular weight is 272 g/mol. The number of benzene rings is 1. The number of fused-ring (bicyclic) bond motifs is 1. The molecule has 2 N–H and O–H groups in total. The number of rotatable bonds is 5. The smallest absolute Gasteiger partial charge is 0.220 e. The Hall–Kier alpha value is -1.88. The van der Waals surface area contributed by atoms with Crippen molar-refractivity contribution in [2.45, 2.75) is 19.9 Å². The number of aryl methyl sites for hydroxylation is 1. The highest BCUT2D eigenvalue weighted by molar-refractivity contribution is 5.77. The third kappa shape index (κ3) is 2.67. The SMILES string of the molecule is Cc1nc2ccccc2n1CCNC(=O)CC1CNC1. The first-order valence-electron chi connectivity index (χ1n) is 7.13. The summed E-state index contributed by atoms with van der Waals surface area (Å²) in [6.07, 6.45) is 0.636. The number of para-hydroxylation sites is 2. The minimum absolute atomic E-state index is 0.151. The van der Waals surface area contributed by atoms with Crippen LogP contribution in [0.1, 0.15) is 12.2 Å². The van der Waals surface area contributed by atoms with Crippen molar-refractivity contribution in [3.8, 4) is 0 Å². The summed E-state index contributed by atoms with van der Waals surface area (Å²) in [7, 11) is 0. The zero-order chi connectivity index (χ0) is 13.9. The van der Waals surface area contributed by atoms with Crippen molar-refractivity contribution in [3.63, 3.8) is 0 Å². The molecular formula is C15H20N4O. The molecule has 20 heavy (non-hydrogen) atoms. The molecule has 1 fully saturated rings. The Morgan fingerprint density at radius 3 is 3.00 bits per heavy atom. The molecule has 2 heterocycles. The Morgan fingerprint density at radius 1 is 1.45 bits per heavy atom. The van der Waals surface area contributed by atoms with Crippen LogP contribution < -0.4 is 10.6 Å². The maximum Gasteiger partial charge on any atom is 0.220 e. The Bertz CT molecular complexity index is 615. The molecule has 5 nitrogen and oxygen atoms in total. The lowest BCUT2D eigenvalue weighted by molar-refractivity contribution is -0.122. The van der Waals surface area contributed by atoms with Gasteiger partial charge in [0.15, 0.2) is 0 Å². The lowest BCUT2D eigenvalue weighted by atomic mass is 9.99. The quantitative estimate of drug-likeness (QED) is 0.856. The monoisotopic (exact) mass is 272 g/mol. The van der Waals surface area contributed by atoms with Crippen molar-refractivity contribution in [2.75, 3.05) is 19.6 Å². The van der Waals surface area contributed by atoms with Gasteiger partial charge in [-0.05, 0) is 38.1 Å². The van der Waals surface area contributed by atoms with Gasteiger partial charge in [-0.2, -0.15) is 0 Å². The first kappa shape index (κ1) is 13.1. The van der Waals surface area contributed by atoms with Crippen LogP contribution in [-0.2, 0) is 11.3 Å². The minimum atomic E-state index is 0.151. The predicted octanol–water partition coefficient (Wildman–Crippen LogP) is 1.07. The van der Waals surface area contributed by atoms with Crippen LogP contribution in [0.3, 0.4) is 0 Å². The molecule has 1 amide bonds. The van der Waals surface area contributed by atoms with Crippen LogP contribution in [0.5, 0.6) is 0 Å². The van der Waals surface area contributed by atoms with E-state index in [0.717, 1.165) is 36.5 Å². The second kappa shape index (κ2) is 5.63. The molecule has 0 radical (unpaired) electrons. The van der Waals surface area contributed by atoms with Gasteiger partial charge in [0.25, 0.3) is 0 Å². The van der Waals surface area contributed by atoms with E-state index in [1.54, 1.807) is 0 Å². The molecule has 2 aromatic rings. The summed E-state index contributed by atoms with van der Waals surface area (Å²) in [5.74, 6) is 1.66. The number of aromatic nitrogens is 2. The van der Waals surface area contributed by atoms with Crippen molar-refractivity contribution in [1.29, 1.82) is 0 Å². The van der Waals surface area contributed by atoms with Gasteiger partial charge in [-0.25, -0.2) is 4.98 Å². The van der Waals surface area contributed by atoms with Crippen LogP contribution in [0.15, 0.2) is 24.3 Å². The standard InChI is InChI=1S/C15H20N4O/c1-11-18-13-4-2-3-5-14(13)19(11)7-6-17-15(20)8-12-9-16-10-12/h2-5,12,16H,6-10H2,1H3,(H,17,20). The van der Waals surface area contributed by atoms with Gasteiger partial charge >= 0.3 is 0 Å². The first-order valence-corrected chi connectivity index (χ1v) is 7.13. The normalized spacial score (nSPS) is 15.2. The number of carbonyl (C=O) groups is 1. The van der Waals surface area contributed by atoms with Gasteiger partial charge in [0.2, 0.25) is 5.91 Å². The molecule has 0 atom stereocenters. The summed E-state index contributed by atoms with van der Waals surface area (Å²) < 4.78 is 2.15. The number of amides is 1. The van der Waals surface area contributed by atoms with Gasteiger partial charge in [-0.15, -0.1) is 0 Å². The topological polar surface area (TPSA) is 59.0 Å². The van der Waals surface area contributed by atoms with E-state index in [4.69, 9.17) is 0 Å². The van der Waals surface area contributed by atoms with Gasteiger partial charge in [0, 0.05) is 19.5 Å². The average Bonchev–Trinajstić information content (AvgIpc) is 2.71. The summed E-state index contributed by atoms with van der Waals surface area (Å²) in [4.78, 5) is 16.3. The van der Waals surface area contributed by atoms with E-state index in [9.17, 15) is 4.79 Å². The van der Waals surface area contributed by atoms with Gasteiger partial charge in [0.1, 0.15) is 5.82 Å². The lowest BCUT2D eigenvalue weighted by Gasteiger charge is -2.26. The zero-order valence-corrected chi connectivity index (χ0v) is 11.7. The predicted molar refractivity (Wildman–Crippen MR) is 78.5 cm³/mol. The van der Waals surface area contributed by atoms with E-state index >= 15 is 0 Å². The summed E-state index contributed by atoms with van der Waals surface area (Å²) >= 11 is 0. The summed E-state index contributed by atoms with van der Waals surface area (Å²) in [5.41, 5.74) is 2.14. The first-order chi connectivity index (χ1) is 9.74. The second-order valence-corrected chi connectivity index (χ2v) is 5.38. The number of hydrogen-bond donors (Lipinski definition) is 2. The van der Waals surface area contributed by atoms with Crippen molar-refractivity contribution in [1.82, 2.24) is 20.2 Å². The van der Waals surface area contributed by atoms with Gasteiger partial charge in [-0.1, -0.05) is 12.1 Å². The molecule has 1 aromatic carbocycles. The van der Waals surface area contributed by atoms with Gasteiger partial charge < -0.3 is 15.2 Å². The van der Waals surface area contributed by atoms with Gasteiger partial charge in [-0.3, -0.25) is 4.79 Å². The molecule has 1 aromatic heterocycles. The maximum absolute atomic E-state index is 11.8. The highest BCUT2D eigenvalue weighted by Crippen LogP contribution is 2.14. The van der Waals surface area contributed by atoms with Crippen LogP contribution in [0, 0.1) is 12.8 Å². The summed E-state index contributed by atoms with van der Waals surface area (Å²) in [6, 6.07) is 8.09. The van der Waals surface area contributed by atoms with Crippen LogP contribution in [0.4, 0.5) is 0 Å². The fourth-order valence-electron chi connectivity index (χ4n) is 2.61. The molecule has 1 aliphatic heterocycles. The molecule has 0 aliphatic carbocycles. The highest BCUT2D eigenvalue weighted by atomic mass is 16.1. The van der Waals surface area contributed by atoms with Crippen molar-refractivity contribution < 1.29 is 4.79 Å². The van der Waals surface area contributed by atoms with E-state index < -0.39 is 0 Å². The number of nitrogens with one attached hydrogen (secondary N) is 2. The van der Waals surface area contributed by atoms with Crippen molar-refractivity contribution >= 4 is 16.9 Å². The van der Waals surface area contributed by atoms with E-state index in [2.05, 4.69) is 26.3 Å². The van der Waals surface area contributed by atoms with Crippen LogP contribution in [-0.4, -0.2) is 35.1 Å². The molecule has 0 saturated carbocycles. The van der Waals surface area contributed by atoms with Gasteiger partial charge in [0.05, 0.1) is 11.0 Å². The third-order valence-electron chi connectivity index (χ3n) is 3.84. The molecule has 106 valence electrons. The number of carbonyl (C=O) groups excluding carboxylic acids is 1. The maximum atomic E-state index is 11.8. The molecular weight excluding hydrogens is 252 g/mol. The van der Waals surface area contributed by atoms with Crippen molar-refractivity contribution in [3.05, 3.63) is 30.1 Å². The summed E-state index contributed by atoms with van der Waals surface area (Å²) in [6.45, 7) is 5.36. The lowest BCUT2D eigenvalue weighted by Crippen LogP contribution is -2.44. The largest absolute Gasteiger partial charge is 0.354 e. The molecule has 3 rings (SSSR count). The zero-order valence-electron chi connectivity index (χ0n) is 11.7. The molecule has 0 spiro atoms. The van der Waals surface area contributed by atoms with E-state index in [1.165, 1.54) is 0 Å². The summed E-state index contributed by atoms with van der Waals surface area (Å²) in [5, 5.41) is 6.18. The number of imidazole rings is 1. The van der Waals surface area contributed by atoms with Crippen LogP contribution in [0.25, 0.3) is 11.0 Å². The third-order valence-corrected chi connectivity index (χ3v) is 3.84. The minimum Gasteiger partial charge on any atom is -0.354 e. The Balaban J connectivity index is 1.56. The molecule has 1 aliphatic rings. The fraction of sp³-hybridized carbons (Fsp3) is 0.467. The molecule has 5 heteroatoms. The Morgan fingerprint density at radius 2 is 2.25 bits per heavy atom. The fourth-order valence-corrected chi connectivity index (χ4v) is 2.61. The number of hydrogen-bond acceptors (Lipinski definition) is 3. The van der Waals surface area contributed by atoms with E-state index in [-0.39, 0.29) is 5.91 Å². The highest BCUT2D eigenvalue weighted by Gasteiger charge is 2.19. The second-order valence-electron chi connectivity index (χ2n) is 5.38. The van der Waals surface area contributed by atoms with Crippen LogP contribution >= 0.6 is 0 Å². The Labute approximate surface area is 118 Å². The molecule has 0 unspecified atom stereocenters. The van der Waals surface area contributed by atoms with Crippen LogP contribution in [0.2, 0.25) is 0 Å². The number of nitrogens with zero attached hydrogens (tertiary/aromatic N) is 2. The van der Waals surface area contributed by atoms with Crippen molar-refractivity contribution in [2.24, 2.45) is 5.92 Å². The van der Waals surface area contributed by atoms with E-state index in [0.29, 0.717) is 18.9 Å². The van der Waals surface area contributed by atoms with E-state index in [1.807, 2.05) is 25.1 Å². The molecule has 1 saturated heterocycles. The molecule has 0 bridgehead atoms. The Kier molecular flexibility index (Phi) is 3.69.